The Morgan fingerprint density at radius 2 is 1.54 bits per heavy atom. The number of carboxylic acid groups (broad SMARTS) is 1. The first-order valence-electron chi connectivity index (χ1n) is 19.4. The molecule has 1 aliphatic heterocycles. The van der Waals surface area contributed by atoms with Crippen LogP contribution in [0.3, 0.4) is 0 Å². The van der Waals surface area contributed by atoms with Crippen molar-refractivity contribution in [2.24, 2.45) is 56.2 Å². The minimum Gasteiger partial charge on any atom is -0.481 e. The maximum atomic E-state index is 12.6. The summed E-state index contributed by atoms with van der Waals surface area (Å²) >= 11 is 0. The van der Waals surface area contributed by atoms with Crippen molar-refractivity contribution >= 4 is 5.97 Å². The van der Waals surface area contributed by atoms with Crippen LogP contribution in [0.4, 0.5) is 0 Å². The monoisotopic (exact) mass is 664 g/mol. The van der Waals surface area contributed by atoms with Crippen molar-refractivity contribution in [1.29, 1.82) is 0 Å². The van der Waals surface area contributed by atoms with Crippen LogP contribution in [0.1, 0.15) is 130 Å². The number of benzene rings is 1. The molecule has 3 N–H and O–H groups in total. The Kier molecular flexibility index (Phi) is 8.39. The molecule has 1 aromatic carbocycles. The zero-order valence-corrected chi connectivity index (χ0v) is 30.9. The molecule has 0 radical (unpaired) electrons. The van der Waals surface area contributed by atoms with Gasteiger partial charge in [-0.05, 0) is 135 Å². The van der Waals surface area contributed by atoms with E-state index in [4.69, 9.17) is 9.47 Å². The maximum absolute atomic E-state index is 12.6. The molecule has 7 rings (SSSR count). The second-order valence-electron chi connectivity index (χ2n) is 19.1. The number of carbonyl (C=O) groups is 1. The minimum atomic E-state index is -1.29. The highest BCUT2D eigenvalue weighted by Gasteiger charge is 2.78. The van der Waals surface area contributed by atoms with E-state index >= 15 is 0 Å². The van der Waals surface area contributed by atoms with Gasteiger partial charge in [-0.1, -0.05) is 65.3 Å². The van der Waals surface area contributed by atoms with Gasteiger partial charge in [-0.25, -0.2) is 0 Å². The number of fused-ring (bicyclic) bond motifs is 7. The molecule has 48 heavy (non-hydrogen) atoms. The lowest BCUT2D eigenvalue weighted by Gasteiger charge is -2.75. The summed E-state index contributed by atoms with van der Waals surface area (Å²) in [6, 6.07) is 8.87. The van der Waals surface area contributed by atoms with E-state index in [0.29, 0.717) is 24.9 Å². The normalized spacial score (nSPS) is 50.9. The van der Waals surface area contributed by atoms with Gasteiger partial charge in [0.25, 0.3) is 0 Å². The molecule has 0 amide bonds. The van der Waals surface area contributed by atoms with E-state index in [1.54, 1.807) is 7.11 Å². The third kappa shape index (κ3) is 4.66. The van der Waals surface area contributed by atoms with Gasteiger partial charge >= 0.3 is 5.97 Å². The van der Waals surface area contributed by atoms with E-state index in [1.165, 1.54) is 17.5 Å². The maximum Gasteiger partial charge on any atom is 0.309 e. The zero-order chi connectivity index (χ0) is 34.5. The molecule has 6 aliphatic rings. The van der Waals surface area contributed by atoms with Crippen LogP contribution in [0, 0.1) is 56.2 Å². The number of hydrogen-bond donors (Lipinski definition) is 3. The predicted molar refractivity (Wildman–Crippen MR) is 187 cm³/mol. The summed E-state index contributed by atoms with van der Waals surface area (Å²) in [5.74, 6) is -1.04. The minimum absolute atomic E-state index is 0.0116. The molecule has 5 aliphatic carbocycles. The quantitative estimate of drug-likeness (QED) is 0.259. The van der Waals surface area contributed by atoms with E-state index in [9.17, 15) is 20.1 Å². The van der Waals surface area contributed by atoms with Crippen molar-refractivity contribution in [3.05, 3.63) is 35.4 Å². The van der Waals surface area contributed by atoms with Gasteiger partial charge in [0, 0.05) is 24.9 Å². The first-order valence-corrected chi connectivity index (χ1v) is 19.4. The van der Waals surface area contributed by atoms with Crippen LogP contribution in [-0.2, 0) is 27.1 Å². The van der Waals surface area contributed by atoms with Crippen molar-refractivity contribution in [2.75, 3.05) is 13.7 Å². The topological polar surface area (TPSA) is 96.2 Å². The van der Waals surface area contributed by atoms with Crippen LogP contribution >= 0.6 is 0 Å². The standard InChI is InChI=1S/C42H64O6/c1-8-9-31-41-16-14-30-38(4,20-22-40(6)32-26-37(3,35(44)45)18-17-36(32,2)19-21-39(30,40)5)34(41)29(43)25-42(31,46)48-33(41)24-28-12-10-27(11-13-28)15-23-47-7/h10-13,29-34,43,46H,8-9,14-26H2,1-7H3,(H,44,45)/t29-,30+,31-,32+,33+,34-,36-,37+,38+,39+,40+,41+,42-/m0/s1. The molecular weight excluding hydrogens is 600 g/mol. The highest BCUT2D eigenvalue weighted by molar-refractivity contribution is 5.74. The lowest BCUT2D eigenvalue weighted by molar-refractivity contribution is -0.288. The number of aliphatic hydroxyl groups excluding tert-OH is 1. The van der Waals surface area contributed by atoms with E-state index in [-0.39, 0.29) is 45.0 Å². The van der Waals surface area contributed by atoms with Crippen molar-refractivity contribution in [3.8, 4) is 0 Å². The molecule has 1 aromatic rings. The Hall–Kier alpha value is -1.47. The van der Waals surface area contributed by atoms with E-state index < -0.39 is 23.3 Å². The molecule has 0 aromatic heterocycles. The predicted octanol–water partition coefficient (Wildman–Crippen LogP) is 8.20. The zero-order valence-electron chi connectivity index (χ0n) is 30.9. The van der Waals surface area contributed by atoms with Crippen LogP contribution in [0.25, 0.3) is 0 Å². The van der Waals surface area contributed by atoms with Gasteiger partial charge in [0.05, 0.1) is 24.2 Å². The number of hydrogen-bond acceptors (Lipinski definition) is 5. The number of aliphatic carboxylic acids is 1. The van der Waals surface area contributed by atoms with Crippen molar-refractivity contribution in [3.63, 3.8) is 0 Å². The second kappa shape index (κ2) is 11.5. The summed E-state index contributed by atoms with van der Waals surface area (Å²) in [4.78, 5) is 12.6. The average Bonchev–Trinajstić information content (AvgIpc) is 3.18. The van der Waals surface area contributed by atoms with Crippen molar-refractivity contribution in [1.82, 2.24) is 0 Å². The number of methoxy groups -OCH3 is 1. The van der Waals surface area contributed by atoms with Gasteiger partial charge in [-0.15, -0.1) is 0 Å². The van der Waals surface area contributed by atoms with E-state index in [1.807, 2.05) is 6.92 Å². The van der Waals surface area contributed by atoms with Crippen LogP contribution in [0.2, 0.25) is 0 Å². The molecule has 1 spiro atoms. The molecule has 1 saturated heterocycles. The number of carboxylic acids is 1. The van der Waals surface area contributed by atoms with Crippen LogP contribution < -0.4 is 0 Å². The number of rotatable bonds is 8. The van der Waals surface area contributed by atoms with Crippen LogP contribution in [-0.4, -0.2) is 53.0 Å². The number of aliphatic hydroxyl groups is 2. The molecule has 6 fully saturated rings. The molecule has 1 heterocycles. The Labute approximate surface area is 289 Å². The third-order valence-electron chi connectivity index (χ3n) is 17.1. The van der Waals surface area contributed by atoms with Crippen molar-refractivity contribution < 1.29 is 29.6 Å². The Morgan fingerprint density at radius 1 is 0.896 bits per heavy atom. The van der Waals surface area contributed by atoms with Gasteiger partial charge in [-0.3, -0.25) is 4.79 Å². The lowest BCUT2D eigenvalue weighted by atomic mass is 9.29. The molecule has 13 atom stereocenters. The SMILES string of the molecule is CCC[C@H]1[C@@]23CC[C@@H]4[C@@](C)(CC[C@]5(C)[C@@H]6C[C@](C)(C(=O)O)CC[C@@]6(C)CC[C@]45C)[C@@H]2[C@@H](O)C[C@]1(O)O[C@@H]3Cc1ccc(CCOC)cc1. The highest BCUT2D eigenvalue weighted by Crippen LogP contribution is 2.80. The first-order chi connectivity index (χ1) is 22.6. The van der Waals surface area contributed by atoms with E-state index in [2.05, 4.69) is 58.9 Å². The van der Waals surface area contributed by atoms with Crippen LogP contribution in [0.15, 0.2) is 24.3 Å². The highest BCUT2D eigenvalue weighted by atomic mass is 16.6. The Morgan fingerprint density at radius 3 is 2.21 bits per heavy atom. The fourth-order valence-electron chi connectivity index (χ4n) is 14.4. The molecule has 6 nitrogen and oxygen atoms in total. The summed E-state index contributed by atoms with van der Waals surface area (Å²) in [7, 11) is 1.74. The summed E-state index contributed by atoms with van der Waals surface area (Å²) in [5.41, 5.74) is 1.75. The smallest absolute Gasteiger partial charge is 0.309 e. The fourth-order valence-corrected chi connectivity index (χ4v) is 14.4. The first kappa shape index (κ1) is 35.0. The van der Waals surface area contributed by atoms with Gasteiger partial charge in [-0.2, -0.15) is 0 Å². The molecule has 2 bridgehead atoms. The average molecular weight is 665 g/mol. The summed E-state index contributed by atoms with van der Waals surface area (Å²) in [6.07, 6.45) is 12.1. The largest absolute Gasteiger partial charge is 0.481 e. The molecule has 5 saturated carbocycles. The number of ether oxygens (including phenoxy) is 2. The Bertz CT molecular complexity index is 1390. The Balaban J connectivity index is 1.26. The lowest BCUT2D eigenvalue weighted by Crippen LogP contribution is -2.71. The molecule has 268 valence electrons. The van der Waals surface area contributed by atoms with Gasteiger partial charge < -0.3 is 24.8 Å². The molecule has 0 unspecified atom stereocenters. The van der Waals surface area contributed by atoms with Crippen molar-refractivity contribution in [2.45, 2.75) is 149 Å². The summed E-state index contributed by atoms with van der Waals surface area (Å²) in [6.45, 7) is 15.0. The van der Waals surface area contributed by atoms with Gasteiger partial charge in [0.1, 0.15) is 0 Å². The molecule has 6 heteroatoms. The summed E-state index contributed by atoms with van der Waals surface area (Å²) in [5, 5.41) is 35.0. The van der Waals surface area contributed by atoms with Gasteiger partial charge in [0.2, 0.25) is 0 Å². The third-order valence-corrected chi connectivity index (χ3v) is 17.1. The van der Waals surface area contributed by atoms with Gasteiger partial charge in [0.15, 0.2) is 5.79 Å². The summed E-state index contributed by atoms with van der Waals surface area (Å²) < 4.78 is 12.2. The fraction of sp³-hybridized carbons (Fsp3) is 0.833. The molecular formula is C42H64O6. The van der Waals surface area contributed by atoms with Crippen LogP contribution in [0.5, 0.6) is 0 Å². The van der Waals surface area contributed by atoms with E-state index in [0.717, 1.165) is 77.0 Å². The second-order valence-corrected chi connectivity index (χ2v) is 19.1.